The Bertz CT molecular complexity index is 832. The van der Waals surface area contributed by atoms with E-state index in [-0.39, 0.29) is 11.3 Å². The predicted molar refractivity (Wildman–Crippen MR) is 122 cm³/mol. The number of allylic oxidation sites excluding steroid dienone is 2. The van der Waals surface area contributed by atoms with Crippen LogP contribution in [-0.2, 0) is 14.9 Å². The molecule has 0 bridgehead atoms. The Morgan fingerprint density at radius 2 is 2.00 bits per heavy atom. The largest absolute Gasteiger partial charge is 0.474 e. The Morgan fingerprint density at radius 3 is 2.60 bits per heavy atom. The van der Waals surface area contributed by atoms with E-state index >= 15 is 0 Å². The van der Waals surface area contributed by atoms with Gasteiger partial charge in [0.05, 0.1) is 10.5 Å². The van der Waals surface area contributed by atoms with E-state index < -0.39 is 5.54 Å². The zero-order chi connectivity index (χ0) is 21.9. The van der Waals surface area contributed by atoms with E-state index in [0.29, 0.717) is 18.5 Å². The van der Waals surface area contributed by atoms with E-state index in [1.165, 1.54) is 16.0 Å². The molecule has 0 unspecified atom stereocenters. The molecule has 166 valence electrons. The second kappa shape index (κ2) is 9.20. The summed E-state index contributed by atoms with van der Waals surface area (Å²) in [6.45, 7) is 15.0. The van der Waals surface area contributed by atoms with Crippen molar-refractivity contribution in [3.63, 3.8) is 0 Å². The third-order valence-corrected chi connectivity index (χ3v) is 7.34. The minimum atomic E-state index is -0.675. The van der Waals surface area contributed by atoms with Crippen LogP contribution >= 0.6 is 11.3 Å². The molecule has 30 heavy (non-hydrogen) atoms. The Balaban J connectivity index is 1.77. The summed E-state index contributed by atoms with van der Waals surface area (Å²) in [5.74, 6) is 0.458. The van der Waals surface area contributed by atoms with Crippen LogP contribution < -0.4 is 16.0 Å². The number of piperidine rings is 1. The first-order valence-corrected chi connectivity index (χ1v) is 11.7. The number of hydrogen-bond acceptors (Lipinski definition) is 6. The molecule has 2 aliphatic heterocycles. The summed E-state index contributed by atoms with van der Waals surface area (Å²) in [7, 11) is 0. The maximum absolute atomic E-state index is 13.1. The van der Waals surface area contributed by atoms with Crippen LogP contribution in [0, 0.1) is 6.92 Å². The van der Waals surface area contributed by atoms with Gasteiger partial charge in [-0.15, -0.1) is 11.3 Å². The quantitative estimate of drug-likeness (QED) is 0.614. The first kappa shape index (κ1) is 23.0. The molecule has 6 nitrogen and oxygen atoms in total. The van der Waals surface area contributed by atoms with Gasteiger partial charge in [0, 0.05) is 28.6 Å². The van der Waals surface area contributed by atoms with Gasteiger partial charge >= 0.3 is 0 Å². The van der Waals surface area contributed by atoms with Gasteiger partial charge < -0.3 is 15.4 Å². The number of hydrogen-bond donors (Lipinski definition) is 3. The number of amides is 1. The van der Waals surface area contributed by atoms with Crippen molar-refractivity contribution in [1.82, 2.24) is 20.9 Å². The lowest BCUT2D eigenvalue weighted by Gasteiger charge is -2.34. The number of rotatable bonds is 7. The number of nitrogens with zero attached hydrogens (tertiary/aromatic N) is 1. The van der Waals surface area contributed by atoms with Crippen LogP contribution in [0.2, 0.25) is 0 Å². The van der Waals surface area contributed by atoms with Gasteiger partial charge in [0.15, 0.2) is 5.88 Å². The zero-order valence-corrected chi connectivity index (χ0v) is 20.0. The standard InChI is InChI=1S/C23H36N4O2S/c1-7-16-14-29-20(12-18(16)22(3,4)19-13-25-15(2)30-19)26-21(28)23(5,6)27-17-8-10-24-11-9-17/h12-13,17,24,27H,7-11,14H2,1-6H3,(H,26,28). The molecular weight excluding hydrogens is 396 g/mol. The molecular formula is C23H36N4O2S. The minimum Gasteiger partial charge on any atom is -0.474 e. The topological polar surface area (TPSA) is 75.3 Å². The monoisotopic (exact) mass is 432 g/mol. The summed E-state index contributed by atoms with van der Waals surface area (Å²) < 4.78 is 5.93. The molecule has 1 saturated heterocycles. The highest BCUT2D eigenvalue weighted by Crippen LogP contribution is 2.39. The molecule has 1 aromatic heterocycles. The number of nitrogens with one attached hydrogen (secondary N) is 3. The fraction of sp³-hybridized carbons (Fsp3) is 0.652. The van der Waals surface area contributed by atoms with Gasteiger partial charge in [-0.2, -0.15) is 0 Å². The molecule has 3 N–H and O–H groups in total. The minimum absolute atomic E-state index is 0.0713. The Morgan fingerprint density at radius 1 is 1.30 bits per heavy atom. The highest BCUT2D eigenvalue weighted by Gasteiger charge is 2.34. The third-order valence-electron chi connectivity index (χ3n) is 6.10. The second-order valence-corrected chi connectivity index (χ2v) is 10.5. The maximum Gasteiger partial charge on any atom is 0.246 e. The van der Waals surface area contributed by atoms with Crippen molar-refractivity contribution in [3.8, 4) is 0 Å². The molecule has 0 atom stereocenters. The average Bonchev–Trinajstić information content (AvgIpc) is 3.15. The van der Waals surface area contributed by atoms with Crippen molar-refractivity contribution in [2.24, 2.45) is 0 Å². The third kappa shape index (κ3) is 5.13. The van der Waals surface area contributed by atoms with Gasteiger partial charge in [-0.3, -0.25) is 10.1 Å². The van der Waals surface area contributed by atoms with E-state index in [9.17, 15) is 4.79 Å². The molecule has 0 saturated carbocycles. The van der Waals surface area contributed by atoms with Crippen LogP contribution in [0.4, 0.5) is 0 Å². The summed E-state index contributed by atoms with van der Waals surface area (Å²) in [5.41, 5.74) is 1.60. The van der Waals surface area contributed by atoms with Crippen LogP contribution in [0.15, 0.2) is 29.3 Å². The number of aryl methyl sites for hydroxylation is 1. The van der Waals surface area contributed by atoms with Crippen molar-refractivity contribution in [2.45, 2.75) is 77.8 Å². The second-order valence-electron chi connectivity index (χ2n) is 9.28. The van der Waals surface area contributed by atoms with Crippen molar-refractivity contribution in [3.05, 3.63) is 39.2 Å². The van der Waals surface area contributed by atoms with Crippen LogP contribution in [0.25, 0.3) is 0 Å². The highest BCUT2D eigenvalue weighted by molar-refractivity contribution is 7.11. The van der Waals surface area contributed by atoms with Gasteiger partial charge in [-0.05, 0) is 64.3 Å². The van der Waals surface area contributed by atoms with Gasteiger partial charge in [0.25, 0.3) is 0 Å². The molecule has 2 aliphatic rings. The Labute approximate surface area is 184 Å². The summed E-state index contributed by atoms with van der Waals surface area (Å²) in [6, 6.07) is 0.351. The van der Waals surface area contributed by atoms with Crippen molar-refractivity contribution >= 4 is 17.2 Å². The van der Waals surface area contributed by atoms with E-state index in [1.807, 2.05) is 33.0 Å². The summed E-state index contributed by atoms with van der Waals surface area (Å²) in [5, 5.41) is 11.0. The summed E-state index contributed by atoms with van der Waals surface area (Å²) in [6.07, 6.45) is 6.96. The van der Waals surface area contributed by atoms with E-state index in [2.05, 4.69) is 41.7 Å². The van der Waals surface area contributed by atoms with Crippen molar-refractivity contribution < 1.29 is 9.53 Å². The fourth-order valence-corrected chi connectivity index (χ4v) is 4.99. The summed E-state index contributed by atoms with van der Waals surface area (Å²) in [4.78, 5) is 18.7. The fourth-order valence-electron chi connectivity index (χ4n) is 4.10. The zero-order valence-electron chi connectivity index (χ0n) is 19.1. The van der Waals surface area contributed by atoms with Crippen molar-refractivity contribution in [2.75, 3.05) is 19.7 Å². The van der Waals surface area contributed by atoms with Crippen molar-refractivity contribution in [1.29, 1.82) is 0 Å². The summed E-state index contributed by atoms with van der Waals surface area (Å²) >= 11 is 1.72. The highest BCUT2D eigenvalue weighted by atomic mass is 32.1. The molecule has 1 fully saturated rings. The van der Waals surface area contributed by atoms with Crippen LogP contribution in [0.3, 0.4) is 0 Å². The smallest absolute Gasteiger partial charge is 0.246 e. The molecule has 0 radical (unpaired) electrons. The number of ether oxygens (including phenoxy) is 1. The maximum atomic E-state index is 13.1. The number of carbonyl (C=O) groups is 1. The van der Waals surface area contributed by atoms with Crippen LogP contribution in [0.1, 0.15) is 63.8 Å². The van der Waals surface area contributed by atoms with Gasteiger partial charge in [-0.25, -0.2) is 4.98 Å². The van der Waals surface area contributed by atoms with Crippen LogP contribution in [-0.4, -0.2) is 42.2 Å². The first-order chi connectivity index (χ1) is 14.1. The van der Waals surface area contributed by atoms with E-state index in [4.69, 9.17) is 4.74 Å². The Kier molecular flexibility index (Phi) is 7.05. The molecule has 1 amide bonds. The van der Waals surface area contributed by atoms with Gasteiger partial charge in [0.1, 0.15) is 6.61 Å². The molecule has 0 aromatic carbocycles. The van der Waals surface area contributed by atoms with Gasteiger partial charge in [0.2, 0.25) is 5.91 Å². The van der Waals surface area contributed by atoms with E-state index in [1.54, 1.807) is 11.3 Å². The number of thiazole rings is 1. The molecule has 0 aliphatic carbocycles. The Hall–Kier alpha value is -1.70. The molecule has 1 aromatic rings. The molecule has 0 spiro atoms. The number of carbonyl (C=O) groups excluding carboxylic acids is 1. The molecule has 3 rings (SSSR count). The number of aromatic nitrogens is 1. The van der Waals surface area contributed by atoms with Gasteiger partial charge in [-0.1, -0.05) is 20.8 Å². The average molecular weight is 433 g/mol. The lowest BCUT2D eigenvalue weighted by atomic mass is 9.79. The molecule has 7 heteroatoms. The first-order valence-electron chi connectivity index (χ1n) is 10.9. The lowest BCUT2D eigenvalue weighted by molar-refractivity contribution is -0.127. The van der Waals surface area contributed by atoms with E-state index in [0.717, 1.165) is 37.4 Å². The molecule has 3 heterocycles. The lowest BCUT2D eigenvalue weighted by Crippen LogP contribution is -2.57. The SMILES string of the molecule is CCC1=C(C(C)(C)c2cnc(C)s2)C=C(NC(=O)C(C)(C)NC2CCNCC2)OC1. The van der Waals surface area contributed by atoms with Crippen LogP contribution in [0.5, 0.6) is 0 Å². The normalized spacial score (nSPS) is 18.8. The predicted octanol–water partition coefficient (Wildman–Crippen LogP) is 3.54.